The van der Waals surface area contributed by atoms with E-state index in [1.165, 1.54) is 5.57 Å². The lowest BCUT2D eigenvalue weighted by Crippen LogP contribution is -2.39. The molecule has 0 aromatic rings. The van der Waals surface area contributed by atoms with Crippen LogP contribution in [0.4, 0.5) is 0 Å². The number of nitrogens with one attached hydrogen (secondary N) is 1. The summed E-state index contributed by atoms with van der Waals surface area (Å²) < 4.78 is 0. The predicted molar refractivity (Wildman–Crippen MR) is 40.5 cm³/mol. The molecule has 1 aliphatic carbocycles. The van der Waals surface area contributed by atoms with Crippen molar-refractivity contribution < 1.29 is 4.79 Å². The average molecular weight is 139 g/mol. The molecule has 0 spiro atoms. The molecule has 0 heterocycles. The van der Waals surface area contributed by atoms with Crippen molar-refractivity contribution in [1.29, 1.82) is 0 Å². The molecule has 0 aromatic heterocycles. The minimum atomic E-state index is -0.209. The monoisotopic (exact) mass is 139 g/mol. The van der Waals surface area contributed by atoms with Crippen molar-refractivity contribution in [3.8, 4) is 0 Å². The van der Waals surface area contributed by atoms with Crippen LogP contribution >= 0.6 is 0 Å². The van der Waals surface area contributed by atoms with Gasteiger partial charge in [0.15, 0.2) is 0 Å². The van der Waals surface area contributed by atoms with Gasteiger partial charge in [-0.3, -0.25) is 4.79 Å². The summed E-state index contributed by atoms with van der Waals surface area (Å²) in [4.78, 5) is 11.1. The number of amides is 1. The second-order valence-corrected chi connectivity index (χ2v) is 3.16. The lowest BCUT2D eigenvalue weighted by Gasteiger charge is -2.33. The quantitative estimate of drug-likeness (QED) is 0.541. The summed E-state index contributed by atoms with van der Waals surface area (Å²) in [5.74, 6) is 0.123. The molecule has 1 N–H and O–H groups in total. The Morgan fingerprint density at radius 2 is 2.30 bits per heavy atom. The van der Waals surface area contributed by atoms with E-state index in [-0.39, 0.29) is 11.3 Å². The van der Waals surface area contributed by atoms with E-state index in [0.717, 1.165) is 6.42 Å². The number of hydrogen-bond donors (Lipinski definition) is 1. The first-order chi connectivity index (χ1) is 4.58. The molecule has 1 amide bonds. The van der Waals surface area contributed by atoms with Gasteiger partial charge < -0.3 is 5.32 Å². The zero-order valence-electron chi connectivity index (χ0n) is 6.69. The Morgan fingerprint density at radius 3 is 2.60 bits per heavy atom. The summed E-state index contributed by atoms with van der Waals surface area (Å²) >= 11 is 0. The first-order valence-electron chi connectivity index (χ1n) is 3.49. The van der Waals surface area contributed by atoms with Crippen LogP contribution < -0.4 is 5.32 Å². The minimum Gasteiger partial charge on any atom is -0.358 e. The van der Waals surface area contributed by atoms with Gasteiger partial charge in [-0.25, -0.2) is 0 Å². The summed E-state index contributed by atoms with van der Waals surface area (Å²) in [6, 6.07) is 0. The van der Waals surface area contributed by atoms with Crippen LogP contribution in [0.3, 0.4) is 0 Å². The smallest absolute Gasteiger partial charge is 0.229 e. The molecule has 0 saturated carbocycles. The highest BCUT2D eigenvalue weighted by Crippen LogP contribution is 2.37. The van der Waals surface area contributed by atoms with E-state index in [9.17, 15) is 4.79 Å². The number of rotatable bonds is 1. The Kier molecular flexibility index (Phi) is 1.55. The maximum Gasteiger partial charge on any atom is 0.229 e. The number of carbonyl (C=O) groups is 1. The number of hydrogen-bond acceptors (Lipinski definition) is 1. The molecule has 0 aliphatic heterocycles. The Hall–Kier alpha value is -0.790. The fourth-order valence-electron chi connectivity index (χ4n) is 1.53. The topological polar surface area (TPSA) is 29.1 Å². The van der Waals surface area contributed by atoms with Crippen molar-refractivity contribution in [3.05, 3.63) is 11.6 Å². The van der Waals surface area contributed by atoms with Crippen LogP contribution in [0.15, 0.2) is 11.6 Å². The van der Waals surface area contributed by atoms with Gasteiger partial charge in [0.25, 0.3) is 0 Å². The molecule has 1 aliphatic rings. The molecule has 1 unspecified atom stereocenters. The van der Waals surface area contributed by atoms with Gasteiger partial charge in [-0.1, -0.05) is 11.6 Å². The molecular formula is C8H13NO. The van der Waals surface area contributed by atoms with Gasteiger partial charge >= 0.3 is 0 Å². The van der Waals surface area contributed by atoms with Crippen molar-refractivity contribution in [2.24, 2.45) is 5.41 Å². The fourth-order valence-corrected chi connectivity index (χ4v) is 1.53. The summed E-state index contributed by atoms with van der Waals surface area (Å²) in [6.45, 7) is 4.00. The van der Waals surface area contributed by atoms with E-state index in [4.69, 9.17) is 0 Å². The van der Waals surface area contributed by atoms with Crippen LogP contribution in [0.25, 0.3) is 0 Å². The molecule has 0 aromatic carbocycles. The van der Waals surface area contributed by atoms with E-state index < -0.39 is 0 Å². The SMILES string of the molecule is CNC(=O)C1(C)C=C(C)C1. The Morgan fingerprint density at radius 1 is 1.80 bits per heavy atom. The van der Waals surface area contributed by atoms with E-state index in [1.54, 1.807) is 7.05 Å². The van der Waals surface area contributed by atoms with Crippen LogP contribution in [0.2, 0.25) is 0 Å². The Labute approximate surface area is 61.3 Å². The maximum absolute atomic E-state index is 11.1. The first kappa shape index (κ1) is 7.32. The molecule has 10 heavy (non-hydrogen) atoms. The molecule has 2 nitrogen and oxygen atoms in total. The van der Waals surface area contributed by atoms with E-state index in [0.29, 0.717) is 0 Å². The third-order valence-corrected chi connectivity index (χ3v) is 1.96. The normalized spacial score (nSPS) is 30.5. The van der Waals surface area contributed by atoms with Crippen molar-refractivity contribution >= 4 is 5.91 Å². The molecule has 0 radical (unpaired) electrons. The van der Waals surface area contributed by atoms with Gasteiger partial charge in [0, 0.05) is 7.05 Å². The third kappa shape index (κ3) is 0.939. The van der Waals surface area contributed by atoms with Crippen LogP contribution in [-0.4, -0.2) is 13.0 Å². The highest BCUT2D eigenvalue weighted by atomic mass is 16.2. The minimum absolute atomic E-state index is 0.123. The largest absolute Gasteiger partial charge is 0.358 e. The van der Waals surface area contributed by atoms with Crippen LogP contribution in [0.1, 0.15) is 20.3 Å². The van der Waals surface area contributed by atoms with Crippen molar-refractivity contribution in [3.63, 3.8) is 0 Å². The zero-order chi connectivity index (χ0) is 7.78. The van der Waals surface area contributed by atoms with Crippen LogP contribution in [0, 0.1) is 5.41 Å². The Bertz CT molecular complexity index is 195. The molecule has 1 rings (SSSR count). The van der Waals surface area contributed by atoms with Crippen molar-refractivity contribution in [2.45, 2.75) is 20.3 Å². The van der Waals surface area contributed by atoms with Gasteiger partial charge in [-0.05, 0) is 20.3 Å². The van der Waals surface area contributed by atoms with Gasteiger partial charge in [0.1, 0.15) is 0 Å². The molecule has 0 fully saturated rings. The predicted octanol–water partition coefficient (Wildman–Crippen LogP) is 1.09. The number of allylic oxidation sites excluding steroid dienone is 1. The van der Waals surface area contributed by atoms with Gasteiger partial charge in [-0.2, -0.15) is 0 Å². The summed E-state index contributed by atoms with van der Waals surface area (Å²) in [5, 5.41) is 2.64. The summed E-state index contributed by atoms with van der Waals surface area (Å²) in [7, 11) is 1.68. The van der Waals surface area contributed by atoms with Crippen LogP contribution in [0.5, 0.6) is 0 Å². The van der Waals surface area contributed by atoms with Gasteiger partial charge in [-0.15, -0.1) is 0 Å². The number of carbonyl (C=O) groups excluding carboxylic acids is 1. The third-order valence-electron chi connectivity index (χ3n) is 1.96. The highest BCUT2D eigenvalue weighted by Gasteiger charge is 2.36. The Balaban J connectivity index is 2.66. The maximum atomic E-state index is 11.1. The van der Waals surface area contributed by atoms with Gasteiger partial charge in [0.05, 0.1) is 5.41 Å². The molecule has 0 saturated heterocycles. The van der Waals surface area contributed by atoms with E-state index in [1.807, 2.05) is 19.9 Å². The molecule has 56 valence electrons. The van der Waals surface area contributed by atoms with Crippen LogP contribution in [-0.2, 0) is 4.79 Å². The molecule has 2 heteroatoms. The molecule has 0 bridgehead atoms. The lowest BCUT2D eigenvalue weighted by molar-refractivity contribution is -0.128. The average Bonchev–Trinajstić information content (AvgIpc) is 1.83. The van der Waals surface area contributed by atoms with Crippen molar-refractivity contribution in [1.82, 2.24) is 5.32 Å². The first-order valence-corrected chi connectivity index (χ1v) is 3.49. The molecular weight excluding hydrogens is 126 g/mol. The second-order valence-electron chi connectivity index (χ2n) is 3.16. The summed E-state index contributed by atoms with van der Waals surface area (Å²) in [5.41, 5.74) is 1.10. The lowest BCUT2D eigenvalue weighted by atomic mass is 9.72. The highest BCUT2D eigenvalue weighted by molar-refractivity contribution is 5.86. The standard InChI is InChI=1S/C8H13NO/c1-6-4-8(2,5-6)7(10)9-3/h4H,5H2,1-3H3,(H,9,10). The molecule has 1 atom stereocenters. The van der Waals surface area contributed by atoms with E-state index >= 15 is 0 Å². The second kappa shape index (κ2) is 2.11. The van der Waals surface area contributed by atoms with E-state index in [2.05, 4.69) is 5.32 Å². The van der Waals surface area contributed by atoms with Crippen molar-refractivity contribution in [2.75, 3.05) is 7.05 Å². The fraction of sp³-hybridized carbons (Fsp3) is 0.625. The summed E-state index contributed by atoms with van der Waals surface area (Å²) in [6.07, 6.45) is 2.93. The van der Waals surface area contributed by atoms with Gasteiger partial charge in [0.2, 0.25) is 5.91 Å². The zero-order valence-corrected chi connectivity index (χ0v) is 6.69.